The third kappa shape index (κ3) is 4.60. The zero-order valence-corrected chi connectivity index (χ0v) is 17.2. The van der Waals surface area contributed by atoms with E-state index in [0.29, 0.717) is 29.4 Å². The van der Waals surface area contributed by atoms with Crippen molar-refractivity contribution in [2.45, 2.75) is 33.2 Å². The molecule has 8 nitrogen and oxygen atoms in total. The average Bonchev–Trinajstić information content (AvgIpc) is 2.69. The molecular weight excluding hydrogens is 386 g/mol. The quantitative estimate of drug-likeness (QED) is 0.289. The summed E-state index contributed by atoms with van der Waals surface area (Å²) in [6, 6.07) is 9.76. The molecule has 30 heavy (non-hydrogen) atoms. The van der Waals surface area contributed by atoms with Crippen LogP contribution in [0.2, 0.25) is 0 Å². The number of nitrogens with zero attached hydrogens (tertiary/aromatic N) is 1. The number of nitrogens with one attached hydrogen (secondary N) is 2. The van der Waals surface area contributed by atoms with Crippen molar-refractivity contribution in [1.82, 2.24) is 0 Å². The average molecular weight is 411 g/mol. The van der Waals surface area contributed by atoms with Gasteiger partial charge in [-0.25, -0.2) is 4.79 Å². The molecule has 0 spiro atoms. The molecule has 0 bridgehead atoms. The minimum Gasteiger partial charge on any atom is -0.423 e. The van der Waals surface area contributed by atoms with Gasteiger partial charge < -0.3 is 20.2 Å². The van der Waals surface area contributed by atoms with Crippen LogP contribution >= 0.6 is 0 Å². The van der Waals surface area contributed by atoms with Gasteiger partial charge in [0.05, 0.1) is 22.9 Å². The maximum absolute atomic E-state index is 12.1. The van der Waals surface area contributed by atoms with Crippen molar-refractivity contribution < 1.29 is 14.4 Å². The van der Waals surface area contributed by atoms with Crippen LogP contribution in [-0.4, -0.2) is 23.2 Å². The summed E-state index contributed by atoms with van der Waals surface area (Å²) in [5, 5.41) is 27.3. The van der Waals surface area contributed by atoms with Crippen molar-refractivity contribution in [2.24, 2.45) is 0 Å². The highest BCUT2D eigenvalue weighted by atomic mass is 16.6. The van der Waals surface area contributed by atoms with Crippen LogP contribution in [0.3, 0.4) is 0 Å². The number of aliphatic hydroxyl groups excluding tert-OH is 1. The highest BCUT2D eigenvalue weighted by molar-refractivity contribution is 5.83. The molecule has 3 rings (SSSR count). The van der Waals surface area contributed by atoms with Gasteiger partial charge in [0, 0.05) is 36.7 Å². The van der Waals surface area contributed by atoms with Gasteiger partial charge in [-0.2, -0.15) is 0 Å². The number of anilines is 2. The Hall–Kier alpha value is -3.39. The number of hydrogen-bond donors (Lipinski definition) is 3. The molecule has 0 saturated carbocycles. The molecule has 0 fully saturated rings. The number of fused-ring (bicyclic) bond motifs is 1. The summed E-state index contributed by atoms with van der Waals surface area (Å²) in [4.78, 5) is 22.8. The van der Waals surface area contributed by atoms with Crippen LogP contribution in [0.4, 0.5) is 17.1 Å². The first-order chi connectivity index (χ1) is 14.3. The third-order valence-electron chi connectivity index (χ3n) is 4.95. The maximum Gasteiger partial charge on any atom is 0.336 e. The molecule has 158 valence electrons. The van der Waals surface area contributed by atoms with E-state index in [9.17, 15) is 14.9 Å². The lowest BCUT2D eigenvalue weighted by atomic mass is 9.95. The van der Waals surface area contributed by atoms with E-state index in [1.807, 2.05) is 19.1 Å². The lowest BCUT2D eigenvalue weighted by Crippen LogP contribution is -2.10. The van der Waals surface area contributed by atoms with Gasteiger partial charge in [-0.1, -0.05) is 13.8 Å². The smallest absolute Gasteiger partial charge is 0.336 e. The lowest BCUT2D eigenvalue weighted by Gasteiger charge is -2.15. The predicted molar refractivity (Wildman–Crippen MR) is 117 cm³/mol. The number of benzene rings is 2. The van der Waals surface area contributed by atoms with Crippen molar-refractivity contribution in [3.63, 3.8) is 0 Å². The molecule has 0 radical (unpaired) electrons. The van der Waals surface area contributed by atoms with E-state index in [1.165, 1.54) is 23.8 Å². The highest BCUT2D eigenvalue weighted by Gasteiger charge is 2.14. The van der Waals surface area contributed by atoms with Gasteiger partial charge in [-0.3, -0.25) is 10.1 Å². The Bertz CT molecular complexity index is 1140. The number of nitro groups is 1. The van der Waals surface area contributed by atoms with Crippen molar-refractivity contribution >= 4 is 28.0 Å². The molecule has 3 aromatic rings. The largest absolute Gasteiger partial charge is 0.423 e. The second-order valence-corrected chi connectivity index (χ2v) is 7.44. The van der Waals surface area contributed by atoms with Crippen molar-refractivity contribution in [3.05, 3.63) is 73.6 Å². The Morgan fingerprint density at radius 1 is 1.13 bits per heavy atom. The van der Waals surface area contributed by atoms with E-state index in [4.69, 9.17) is 9.52 Å². The topological polar surface area (TPSA) is 118 Å². The van der Waals surface area contributed by atoms with Crippen molar-refractivity contribution in [2.75, 3.05) is 23.8 Å². The molecular formula is C22H25N3O5. The molecule has 1 aromatic heterocycles. The summed E-state index contributed by atoms with van der Waals surface area (Å²) < 4.78 is 5.38. The highest BCUT2D eigenvalue weighted by Crippen LogP contribution is 2.30. The normalized spacial score (nSPS) is 11.1. The molecule has 8 heteroatoms. The molecule has 0 unspecified atom stereocenters. The zero-order valence-electron chi connectivity index (χ0n) is 17.2. The number of rotatable bonds is 8. The van der Waals surface area contributed by atoms with Gasteiger partial charge in [0.2, 0.25) is 0 Å². The van der Waals surface area contributed by atoms with Crippen LogP contribution in [-0.2, 0) is 6.54 Å². The number of aryl methyl sites for hydroxylation is 1. The predicted octanol–water partition coefficient (Wildman–Crippen LogP) is 4.15. The van der Waals surface area contributed by atoms with E-state index in [1.54, 1.807) is 6.07 Å². The molecule has 0 aliphatic rings. The molecule has 0 saturated heterocycles. The van der Waals surface area contributed by atoms with E-state index >= 15 is 0 Å². The molecule has 0 amide bonds. The van der Waals surface area contributed by atoms with Crippen molar-refractivity contribution in [1.29, 1.82) is 0 Å². The van der Waals surface area contributed by atoms with Gasteiger partial charge in [0.1, 0.15) is 5.58 Å². The Labute approximate surface area is 173 Å². The van der Waals surface area contributed by atoms with Crippen LogP contribution in [0.5, 0.6) is 0 Å². The lowest BCUT2D eigenvalue weighted by molar-refractivity contribution is -0.384. The number of non-ortho nitro benzene ring substituents is 1. The third-order valence-corrected chi connectivity index (χ3v) is 4.95. The number of nitro benzene ring substituents is 1. The first-order valence-corrected chi connectivity index (χ1v) is 9.74. The Kier molecular flexibility index (Phi) is 6.37. The van der Waals surface area contributed by atoms with Gasteiger partial charge in [-0.05, 0) is 47.7 Å². The minimum atomic E-state index is -0.467. The number of hydrogen-bond acceptors (Lipinski definition) is 7. The first kappa shape index (κ1) is 21.3. The summed E-state index contributed by atoms with van der Waals surface area (Å²) in [7, 11) is 0. The second kappa shape index (κ2) is 8.96. The van der Waals surface area contributed by atoms with Crippen LogP contribution in [0, 0.1) is 17.0 Å². The molecule has 3 N–H and O–H groups in total. The molecule has 0 aliphatic carbocycles. The molecule has 0 aliphatic heterocycles. The van der Waals surface area contributed by atoms with E-state index in [2.05, 4.69) is 24.5 Å². The first-order valence-electron chi connectivity index (χ1n) is 9.74. The van der Waals surface area contributed by atoms with Gasteiger partial charge >= 0.3 is 5.63 Å². The van der Waals surface area contributed by atoms with Crippen molar-refractivity contribution in [3.8, 4) is 0 Å². The summed E-state index contributed by atoms with van der Waals surface area (Å²) in [5.41, 5.74) is 4.10. The number of aliphatic hydroxyl groups is 1. The summed E-state index contributed by atoms with van der Waals surface area (Å²) >= 11 is 0. The van der Waals surface area contributed by atoms with Gasteiger partial charge in [0.15, 0.2) is 0 Å². The Balaban J connectivity index is 2.00. The fraction of sp³-hybridized carbons (Fsp3) is 0.318. The van der Waals surface area contributed by atoms with E-state index in [0.717, 1.165) is 16.5 Å². The SMILES string of the molecule is Cc1cc2oc(=O)cc(CNc3cc([N+](=O)[O-])ccc3NCCO)c2cc1C(C)C. The second-order valence-electron chi connectivity index (χ2n) is 7.44. The monoisotopic (exact) mass is 411 g/mol. The van der Waals surface area contributed by atoms with Crippen LogP contribution in [0.1, 0.15) is 36.5 Å². The fourth-order valence-corrected chi connectivity index (χ4v) is 3.49. The summed E-state index contributed by atoms with van der Waals surface area (Å²) in [5.74, 6) is 0.313. The molecule has 2 aromatic carbocycles. The molecule has 1 heterocycles. The summed E-state index contributed by atoms with van der Waals surface area (Å²) in [6.07, 6.45) is 0. The fourth-order valence-electron chi connectivity index (χ4n) is 3.49. The maximum atomic E-state index is 12.1. The van der Waals surface area contributed by atoms with Crippen LogP contribution in [0.15, 0.2) is 45.6 Å². The van der Waals surface area contributed by atoms with Crippen LogP contribution in [0.25, 0.3) is 11.0 Å². The Morgan fingerprint density at radius 2 is 1.90 bits per heavy atom. The standard InChI is InChI=1S/C22H25N3O5/c1-13(2)17-11-18-15(9-22(27)30-21(18)8-14(17)3)12-24-20-10-16(25(28)29)4-5-19(20)23-6-7-26/h4-5,8-11,13,23-24,26H,6-7,12H2,1-3H3. The van der Waals surface area contributed by atoms with Gasteiger partial charge in [-0.15, -0.1) is 0 Å². The van der Waals surface area contributed by atoms with Crippen LogP contribution < -0.4 is 16.3 Å². The summed E-state index contributed by atoms with van der Waals surface area (Å²) in [6.45, 7) is 6.71. The van der Waals surface area contributed by atoms with E-state index in [-0.39, 0.29) is 18.8 Å². The Morgan fingerprint density at radius 3 is 2.57 bits per heavy atom. The minimum absolute atomic E-state index is 0.0535. The molecule has 0 atom stereocenters. The zero-order chi connectivity index (χ0) is 21.8. The van der Waals surface area contributed by atoms with Gasteiger partial charge in [0.25, 0.3) is 5.69 Å². The van der Waals surface area contributed by atoms with E-state index < -0.39 is 10.5 Å².